The monoisotopic (exact) mass is 621 g/mol. The highest BCUT2D eigenvalue weighted by molar-refractivity contribution is 7.89. The summed E-state index contributed by atoms with van der Waals surface area (Å²) in [5, 5.41) is 3.32. The molecule has 43 heavy (non-hydrogen) atoms. The fourth-order valence-corrected chi connectivity index (χ4v) is 6.39. The molecule has 4 aromatic rings. The van der Waals surface area contributed by atoms with Crippen LogP contribution in [0.1, 0.15) is 25.3 Å². The number of rotatable bonds is 11. The zero-order valence-electron chi connectivity index (χ0n) is 24.3. The molecular formula is C32H36ClN5O4S. The summed E-state index contributed by atoms with van der Waals surface area (Å²) in [5.74, 6) is 0.185. The largest absolute Gasteiger partial charge is 0.379 e. The van der Waals surface area contributed by atoms with Gasteiger partial charge in [-0.05, 0) is 47.9 Å². The molecule has 0 saturated carbocycles. The van der Waals surface area contributed by atoms with Crippen LogP contribution in [0.25, 0.3) is 16.9 Å². The van der Waals surface area contributed by atoms with Gasteiger partial charge < -0.3 is 4.74 Å². The fraction of sp³-hybridized carbons (Fsp3) is 0.312. The van der Waals surface area contributed by atoms with Gasteiger partial charge in [-0.2, -0.15) is 4.31 Å². The summed E-state index contributed by atoms with van der Waals surface area (Å²) in [7, 11) is -3.99. The van der Waals surface area contributed by atoms with Gasteiger partial charge in [0.15, 0.2) is 0 Å². The van der Waals surface area contributed by atoms with Crippen LogP contribution in [-0.4, -0.2) is 79.0 Å². The van der Waals surface area contributed by atoms with Crippen molar-refractivity contribution >= 4 is 33.5 Å². The standard InChI is InChI=1S/C32H36ClN5O4S/c1-24(2)25-8-12-28(13-9-25)38-22-30(26-6-4-3-5-7-26)34-32(38)35-31(39)23-37(17-16-36-18-20-42-21-19-36)43(40,41)29-14-10-27(33)11-15-29/h3-15,22,24H,16-21,23H2,1-2H3,(H,34,35,39). The van der Waals surface area contributed by atoms with Gasteiger partial charge >= 0.3 is 0 Å². The maximum atomic E-state index is 13.7. The minimum Gasteiger partial charge on any atom is -0.379 e. The molecule has 0 spiro atoms. The quantitative estimate of drug-likeness (QED) is 0.245. The van der Waals surface area contributed by atoms with Gasteiger partial charge in [0.2, 0.25) is 21.9 Å². The van der Waals surface area contributed by atoms with Gasteiger partial charge in [0.05, 0.1) is 30.3 Å². The second kappa shape index (κ2) is 13.8. The minimum absolute atomic E-state index is 0.0739. The molecule has 226 valence electrons. The Balaban J connectivity index is 1.42. The first-order chi connectivity index (χ1) is 20.7. The van der Waals surface area contributed by atoms with E-state index in [1.165, 1.54) is 34.1 Å². The fourth-order valence-electron chi connectivity index (χ4n) is 4.88. The van der Waals surface area contributed by atoms with Crippen LogP contribution >= 0.6 is 11.6 Å². The maximum absolute atomic E-state index is 13.7. The molecule has 1 amide bonds. The van der Waals surface area contributed by atoms with Gasteiger partial charge in [0.25, 0.3) is 0 Å². The van der Waals surface area contributed by atoms with Crippen molar-refractivity contribution in [1.29, 1.82) is 0 Å². The van der Waals surface area contributed by atoms with Crippen LogP contribution < -0.4 is 5.32 Å². The molecule has 1 fully saturated rings. The van der Waals surface area contributed by atoms with E-state index in [-0.39, 0.29) is 18.0 Å². The van der Waals surface area contributed by atoms with E-state index in [1.807, 2.05) is 53.2 Å². The van der Waals surface area contributed by atoms with Crippen molar-refractivity contribution in [3.05, 3.63) is 95.6 Å². The van der Waals surface area contributed by atoms with Crippen molar-refractivity contribution in [1.82, 2.24) is 18.8 Å². The van der Waals surface area contributed by atoms with Gasteiger partial charge in [-0.1, -0.05) is 67.9 Å². The third kappa shape index (κ3) is 7.70. The first-order valence-electron chi connectivity index (χ1n) is 14.3. The van der Waals surface area contributed by atoms with Crippen LogP contribution in [0.4, 0.5) is 5.95 Å². The highest BCUT2D eigenvalue weighted by atomic mass is 35.5. The Morgan fingerprint density at radius 2 is 1.67 bits per heavy atom. The van der Waals surface area contributed by atoms with Crippen LogP contribution in [0.3, 0.4) is 0 Å². The highest BCUT2D eigenvalue weighted by Crippen LogP contribution is 2.26. The van der Waals surface area contributed by atoms with Crippen LogP contribution in [-0.2, 0) is 19.6 Å². The SMILES string of the molecule is CC(C)c1ccc(-n2cc(-c3ccccc3)nc2NC(=O)CN(CCN2CCOCC2)S(=O)(=O)c2ccc(Cl)cc2)cc1. The summed E-state index contributed by atoms with van der Waals surface area (Å²) < 4.78 is 35.9. The predicted octanol–water partition coefficient (Wildman–Crippen LogP) is 5.28. The molecule has 3 aromatic carbocycles. The molecule has 0 radical (unpaired) electrons. The molecule has 11 heteroatoms. The lowest BCUT2D eigenvalue weighted by molar-refractivity contribution is -0.116. The topological polar surface area (TPSA) is 96.8 Å². The molecule has 0 atom stereocenters. The Morgan fingerprint density at radius 1 is 1.00 bits per heavy atom. The molecule has 5 rings (SSSR count). The number of carbonyl (C=O) groups excluding carboxylic acids is 1. The molecular weight excluding hydrogens is 586 g/mol. The second-order valence-corrected chi connectivity index (χ2v) is 13.1. The third-order valence-corrected chi connectivity index (χ3v) is 9.52. The zero-order chi connectivity index (χ0) is 30.4. The van der Waals surface area contributed by atoms with Crippen molar-refractivity contribution in [2.45, 2.75) is 24.7 Å². The summed E-state index contributed by atoms with van der Waals surface area (Å²) in [6.45, 7) is 7.09. The van der Waals surface area contributed by atoms with Crippen LogP contribution in [0, 0.1) is 0 Å². The molecule has 1 aromatic heterocycles. The number of morpholine rings is 1. The molecule has 0 aliphatic carbocycles. The Hall–Kier alpha value is -3.54. The summed E-state index contributed by atoms with van der Waals surface area (Å²) in [6.07, 6.45) is 1.87. The van der Waals surface area contributed by atoms with E-state index in [2.05, 4.69) is 36.2 Å². The van der Waals surface area contributed by atoms with Crippen LogP contribution in [0.15, 0.2) is 90.0 Å². The van der Waals surface area contributed by atoms with Crippen molar-refractivity contribution in [2.24, 2.45) is 0 Å². The van der Waals surface area contributed by atoms with Crippen molar-refractivity contribution in [2.75, 3.05) is 51.3 Å². The van der Waals surface area contributed by atoms with Crippen molar-refractivity contribution in [3.63, 3.8) is 0 Å². The molecule has 0 bridgehead atoms. The maximum Gasteiger partial charge on any atom is 0.243 e. The van der Waals surface area contributed by atoms with Crippen molar-refractivity contribution < 1.29 is 17.9 Å². The first kappa shape index (κ1) is 30.9. The van der Waals surface area contributed by atoms with E-state index in [0.29, 0.717) is 55.4 Å². The molecule has 2 heterocycles. The molecule has 1 saturated heterocycles. The highest BCUT2D eigenvalue weighted by Gasteiger charge is 2.28. The molecule has 1 aliphatic heterocycles. The summed E-state index contributed by atoms with van der Waals surface area (Å²) in [4.78, 5) is 20.5. The number of hydrogen-bond donors (Lipinski definition) is 1. The Bertz CT molecular complexity index is 1620. The first-order valence-corrected chi connectivity index (χ1v) is 16.1. The van der Waals surface area contributed by atoms with E-state index in [0.717, 1.165) is 11.3 Å². The minimum atomic E-state index is -3.99. The molecule has 0 unspecified atom stereocenters. The number of hydrogen-bond acceptors (Lipinski definition) is 6. The lowest BCUT2D eigenvalue weighted by Crippen LogP contribution is -2.45. The number of carbonyl (C=O) groups is 1. The summed E-state index contributed by atoms with van der Waals surface area (Å²) >= 11 is 6.01. The van der Waals surface area contributed by atoms with Crippen LogP contribution in [0.2, 0.25) is 5.02 Å². The number of imidazole rings is 1. The number of nitrogens with zero attached hydrogens (tertiary/aromatic N) is 4. The Kier molecular flexibility index (Phi) is 9.94. The van der Waals surface area contributed by atoms with Crippen LogP contribution in [0.5, 0.6) is 0 Å². The van der Waals surface area contributed by atoms with Gasteiger partial charge in [-0.25, -0.2) is 13.4 Å². The molecule has 1 N–H and O–H groups in total. The number of benzene rings is 3. The molecule has 1 aliphatic rings. The predicted molar refractivity (Wildman–Crippen MR) is 169 cm³/mol. The van der Waals surface area contributed by atoms with E-state index < -0.39 is 15.9 Å². The Morgan fingerprint density at radius 3 is 2.33 bits per heavy atom. The average Bonchev–Trinajstić information content (AvgIpc) is 3.44. The van der Waals surface area contributed by atoms with Gasteiger partial charge in [0, 0.05) is 48.6 Å². The molecule has 9 nitrogen and oxygen atoms in total. The third-order valence-electron chi connectivity index (χ3n) is 7.41. The smallest absolute Gasteiger partial charge is 0.243 e. The van der Waals surface area contributed by atoms with E-state index in [4.69, 9.17) is 21.3 Å². The number of anilines is 1. The number of ether oxygens (including phenoxy) is 1. The lowest BCUT2D eigenvalue weighted by Gasteiger charge is -2.29. The second-order valence-electron chi connectivity index (χ2n) is 10.7. The summed E-state index contributed by atoms with van der Waals surface area (Å²) in [6, 6.07) is 23.7. The van der Waals surface area contributed by atoms with Gasteiger partial charge in [-0.15, -0.1) is 0 Å². The van der Waals surface area contributed by atoms with Gasteiger partial charge in [-0.3, -0.25) is 19.6 Å². The van der Waals surface area contributed by atoms with Crippen molar-refractivity contribution in [3.8, 4) is 16.9 Å². The zero-order valence-corrected chi connectivity index (χ0v) is 25.9. The normalized spacial score (nSPS) is 14.3. The number of amides is 1. The summed E-state index contributed by atoms with van der Waals surface area (Å²) in [5.41, 5.74) is 3.60. The average molecular weight is 622 g/mol. The Labute approximate surface area is 258 Å². The van der Waals surface area contributed by atoms with Gasteiger partial charge in [0.1, 0.15) is 0 Å². The number of sulfonamides is 1. The number of nitrogens with one attached hydrogen (secondary N) is 1. The number of aromatic nitrogens is 2. The van der Waals surface area contributed by atoms with E-state index in [1.54, 1.807) is 0 Å². The lowest BCUT2D eigenvalue weighted by atomic mass is 10.0. The van der Waals surface area contributed by atoms with E-state index >= 15 is 0 Å². The van der Waals surface area contributed by atoms with E-state index in [9.17, 15) is 13.2 Å². The number of halogens is 1.